The summed E-state index contributed by atoms with van der Waals surface area (Å²) in [6.45, 7) is 3.54. The quantitative estimate of drug-likeness (QED) is 0.875. The van der Waals surface area contributed by atoms with Gasteiger partial charge in [0.05, 0.1) is 11.1 Å². The van der Waals surface area contributed by atoms with E-state index in [-0.39, 0.29) is 17.9 Å². The van der Waals surface area contributed by atoms with E-state index in [0.717, 1.165) is 6.20 Å². The molecule has 21 heavy (non-hydrogen) atoms. The van der Waals surface area contributed by atoms with Crippen molar-refractivity contribution in [3.63, 3.8) is 0 Å². The zero-order chi connectivity index (χ0) is 16.2. The minimum absolute atomic E-state index is 0.00559. The summed E-state index contributed by atoms with van der Waals surface area (Å²) < 4.78 is 37.6. The highest BCUT2D eigenvalue weighted by Crippen LogP contribution is 2.28. The van der Waals surface area contributed by atoms with Crippen molar-refractivity contribution in [1.82, 2.24) is 10.3 Å². The molecule has 116 valence electrons. The first kappa shape index (κ1) is 16.9. The number of hydrogen-bond acceptors (Lipinski definition) is 3. The first-order chi connectivity index (χ1) is 9.61. The van der Waals surface area contributed by atoms with Crippen molar-refractivity contribution in [1.29, 1.82) is 0 Å². The molecule has 1 heterocycles. The van der Waals surface area contributed by atoms with Crippen molar-refractivity contribution >= 4 is 11.9 Å². The molecular weight excluding hydrogens is 289 g/mol. The number of carbonyl (C=O) groups is 2. The fraction of sp³-hybridized carbons (Fsp3) is 0.462. The predicted octanol–water partition coefficient (Wildman–Crippen LogP) is 2.33. The zero-order valence-corrected chi connectivity index (χ0v) is 11.4. The number of nitrogens with zero attached hydrogens (tertiary/aromatic N) is 1. The molecule has 0 saturated heterocycles. The third-order valence-corrected chi connectivity index (χ3v) is 2.64. The Morgan fingerprint density at radius 1 is 1.33 bits per heavy atom. The molecule has 0 unspecified atom stereocenters. The van der Waals surface area contributed by atoms with E-state index in [9.17, 15) is 22.8 Å². The van der Waals surface area contributed by atoms with Crippen LogP contribution in [0.3, 0.4) is 0 Å². The molecule has 0 aliphatic heterocycles. The Morgan fingerprint density at radius 3 is 2.43 bits per heavy atom. The van der Waals surface area contributed by atoms with Gasteiger partial charge >= 0.3 is 12.1 Å². The Kier molecular flexibility index (Phi) is 5.28. The standard InChI is InChI=1S/C13H15F3N2O3/c1-7(2)3-10(12(20)21)18-11(19)8-4-9(6-17-5-8)13(14,15)16/h4-7,10H,3H2,1-2H3,(H,18,19)(H,20,21)/t10-/m0/s1. The highest BCUT2D eigenvalue weighted by atomic mass is 19.4. The van der Waals surface area contributed by atoms with Gasteiger partial charge in [-0.1, -0.05) is 13.8 Å². The smallest absolute Gasteiger partial charge is 0.417 e. The van der Waals surface area contributed by atoms with Crippen LogP contribution in [0.4, 0.5) is 13.2 Å². The monoisotopic (exact) mass is 304 g/mol. The van der Waals surface area contributed by atoms with Crippen LogP contribution in [0.2, 0.25) is 0 Å². The van der Waals surface area contributed by atoms with Gasteiger partial charge in [0.1, 0.15) is 6.04 Å². The molecule has 5 nitrogen and oxygen atoms in total. The lowest BCUT2D eigenvalue weighted by Crippen LogP contribution is -2.41. The Bertz CT molecular complexity index is 530. The summed E-state index contributed by atoms with van der Waals surface area (Å²) in [6, 6.07) is -0.525. The summed E-state index contributed by atoms with van der Waals surface area (Å²) in [5, 5.41) is 11.2. The number of nitrogens with one attached hydrogen (secondary N) is 1. The maximum atomic E-state index is 12.5. The molecule has 2 N–H and O–H groups in total. The second-order valence-electron chi connectivity index (χ2n) is 4.95. The van der Waals surface area contributed by atoms with Gasteiger partial charge in [-0.25, -0.2) is 4.79 Å². The van der Waals surface area contributed by atoms with Crippen molar-refractivity contribution < 1.29 is 27.9 Å². The van der Waals surface area contributed by atoms with Gasteiger partial charge in [-0.15, -0.1) is 0 Å². The fourth-order valence-corrected chi connectivity index (χ4v) is 1.65. The third-order valence-electron chi connectivity index (χ3n) is 2.64. The SMILES string of the molecule is CC(C)C[C@H](NC(=O)c1cncc(C(F)(F)F)c1)C(=O)O. The second-order valence-corrected chi connectivity index (χ2v) is 4.95. The van der Waals surface area contributed by atoms with Crippen molar-refractivity contribution in [2.45, 2.75) is 32.5 Å². The molecule has 0 aliphatic carbocycles. The van der Waals surface area contributed by atoms with Crippen LogP contribution in [-0.2, 0) is 11.0 Å². The molecule has 1 amide bonds. The minimum atomic E-state index is -4.62. The zero-order valence-electron chi connectivity index (χ0n) is 11.4. The number of amides is 1. The number of hydrogen-bond donors (Lipinski definition) is 2. The number of aliphatic carboxylic acids is 1. The largest absolute Gasteiger partial charge is 0.480 e. The van der Waals surface area contributed by atoms with Crippen LogP contribution in [-0.4, -0.2) is 28.0 Å². The maximum Gasteiger partial charge on any atom is 0.417 e. The Balaban J connectivity index is 2.90. The normalized spacial score (nSPS) is 13.0. The summed E-state index contributed by atoms with van der Waals surface area (Å²) in [6.07, 6.45) is -2.89. The molecule has 0 fully saturated rings. The minimum Gasteiger partial charge on any atom is -0.480 e. The number of rotatable bonds is 5. The number of alkyl halides is 3. The Hall–Kier alpha value is -2.12. The van der Waals surface area contributed by atoms with E-state index in [4.69, 9.17) is 5.11 Å². The number of carboxylic acid groups (broad SMARTS) is 1. The number of pyridine rings is 1. The Morgan fingerprint density at radius 2 is 1.95 bits per heavy atom. The van der Waals surface area contributed by atoms with Crippen molar-refractivity contribution in [2.24, 2.45) is 5.92 Å². The van der Waals surface area contributed by atoms with Crippen LogP contribution in [0, 0.1) is 5.92 Å². The lowest BCUT2D eigenvalue weighted by molar-refractivity contribution is -0.140. The van der Waals surface area contributed by atoms with Gasteiger partial charge in [-0.3, -0.25) is 9.78 Å². The van der Waals surface area contributed by atoms with E-state index in [1.807, 2.05) is 0 Å². The van der Waals surface area contributed by atoms with E-state index in [0.29, 0.717) is 12.3 Å². The van der Waals surface area contributed by atoms with Gasteiger partial charge in [-0.05, 0) is 18.4 Å². The number of carboxylic acids is 1. The van der Waals surface area contributed by atoms with Gasteiger partial charge < -0.3 is 10.4 Å². The van der Waals surface area contributed by atoms with Crippen LogP contribution < -0.4 is 5.32 Å². The molecule has 0 aliphatic rings. The van der Waals surface area contributed by atoms with Crippen LogP contribution in [0.25, 0.3) is 0 Å². The van der Waals surface area contributed by atoms with E-state index < -0.39 is 29.7 Å². The molecule has 0 spiro atoms. The molecule has 1 aromatic rings. The first-order valence-electron chi connectivity index (χ1n) is 6.17. The average molecular weight is 304 g/mol. The average Bonchev–Trinajstić information content (AvgIpc) is 2.36. The van der Waals surface area contributed by atoms with Gasteiger partial charge in [0.2, 0.25) is 0 Å². The molecule has 1 rings (SSSR count). The lowest BCUT2D eigenvalue weighted by atomic mass is 10.0. The summed E-state index contributed by atoms with van der Waals surface area (Å²) in [4.78, 5) is 26.2. The second kappa shape index (κ2) is 6.55. The van der Waals surface area contributed by atoms with Crippen molar-refractivity contribution in [2.75, 3.05) is 0 Å². The molecular formula is C13H15F3N2O3. The van der Waals surface area contributed by atoms with Crippen molar-refractivity contribution in [3.8, 4) is 0 Å². The van der Waals surface area contributed by atoms with E-state index >= 15 is 0 Å². The summed E-state index contributed by atoms with van der Waals surface area (Å²) >= 11 is 0. The molecule has 1 atom stereocenters. The lowest BCUT2D eigenvalue weighted by Gasteiger charge is -2.16. The number of carbonyl (C=O) groups excluding carboxylic acids is 1. The predicted molar refractivity (Wildman–Crippen MR) is 67.6 cm³/mol. The van der Waals surface area contributed by atoms with Crippen LogP contribution in [0.1, 0.15) is 36.2 Å². The summed E-state index contributed by atoms with van der Waals surface area (Å²) in [5.41, 5.74) is -1.40. The molecule has 0 bridgehead atoms. The molecule has 0 radical (unpaired) electrons. The third kappa shape index (κ3) is 5.05. The molecule has 0 aromatic carbocycles. The topological polar surface area (TPSA) is 79.3 Å². The number of aromatic nitrogens is 1. The molecule has 8 heteroatoms. The summed E-state index contributed by atoms with van der Waals surface area (Å²) in [5.74, 6) is -2.13. The van der Waals surface area contributed by atoms with Gasteiger partial charge in [-0.2, -0.15) is 13.2 Å². The molecule has 0 saturated carbocycles. The fourth-order valence-electron chi connectivity index (χ4n) is 1.65. The Labute approximate surface area is 119 Å². The van der Waals surface area contributed by atoms with Gasteiger partial charge in [0, 0.05) is 12.4 Å². The molecule has 1 aromatic heterocycles. The van der Waals surface area contributed by atoms with Crippen LogP contribution >= 0.6 is 0 Å². The highest BCUT2D eigenvalue weighted by molar-refractivity contribution is 5.96. The van der Waals surface area contributed by atoms with E-state index in [1.54, 1.807) is 13.8 Å². The van der Waals surface area contributed by atoms with E-state index in [2.05, 4.69) is 10.3 Å². The van der Waals surface area contributed by atoms with Gasteiger partial charge in [0.25, 0.3) is 5.91 Å². The van der Waals surface area contributed by atoms with Gasteiger partial charge in [0.15, 0.2) is 0 Å². The van der Waals surface area contributed by atoms with Crippen LogP contribution in [0.15, 0.2) is 18.5 Å². The maximum absolute atomic E-state index is 12.5. The highest BCUT2D eigenvalue weighted by Gasteiger charge is 2.32. The first-order valence-corrected chi connectivity index (χ1v) is 6.17. The van der Waals surface area contributed by atoms with Crippen LogP contribution in [0.5, 0.6) is 0 Å². The van der Waals surface area contributed by atoms with Crippen molar-refractivity contribution in [3.05, 3.63) is 29.6 Å². The van der Waals surface area contributed by atoms with E-state index in [1.165, 1.54) is 0 Å². The summed E-state index contributed by atoms with van der Waals surface area (Å²) in [7, 11) is 0. The number of halogens is 3.